The highest BCUT2D eigenvalue weighted by atomic mass is 16.3. The normalized spacial score (nSPS) is 10.2. The van der Waals surface area contributed by atoms with E-state index < -0.39 is 0 Å². The Kier molecular flexibility index (Phi) is 5.85. The highest BCUT2D eigenvalue weighted by Gasteiger charge is 2.14. The number of amides is 1. The number of hydrogen-bond donors (Lipinski definition) is 0. The SMILES string of the molecule is C#CCN(Cc1ccco1)C(=O)CCc1ccc(CC)cc1. The molecule has 0 unspecified atom stereocenters. The minimum atomic E-state index is 0.0499. The van der Waals surface area contributed by atoms with Gasteiger partial charge in [0.2, 0.25) is 5.91 Å². The monoisotopic (exact) mass is 295 g/mol. The van der Waals surface area contributed by atoms with Gasteiger partial charge in [-0.1, -0.05) is 37.1 Å². The summed E-state index contributed by atoms with van der Waals surface area (Å²) in [5.41, 5.74) is 2.48. The third-order valence-corrected chi connectivity index (χ3v) is 3.62. The summed E-state index contributed by atoms with van der Waals surface area (Å²) in [5, 5.41) is 0. The molecule has 0 spiro atoms. The molecule has 0 aliphatic carbocycles. The van der Waals surface area contributed by atoms with Crippen LogP contribution in [0.1, 0.15) is 30.2 Å². The van der Waals surface area contributed by atoms with Gasteiger partial charge in [-0.2, -0.15) is 0 Å². The van der Waals surface area contributed by atoms with Gasteiger partial charge in [0.15, 0.2) is 0 Å². The Balaban J connectivity index is 1.91. The van der Waals surface area contributed by atoms with Crippen molar-refractivity contribution >= 4 is 5.91 Å². The molecule has 3 heteroatoms. The fourth-order valence-corrected chi connectivity index (χ4v) is 2.28. The van der Waals surface area contributed by atoms with Crippen LogP contribution in [-0.2, 0) is 24.2 Å². The molecule has 0 saturated carbocycles. The molecule has 0 aliphatic heterocycles. The molecule has 0 aliphatic rings. The number of aryl methyl sites for hydroxylation is 2. The van der Waals surface area contributed by atoms with Crippen LogP contribution >= 0.6 is 0 Å². The van der Waals surface area contributed by atoms with Crippen molar-refractivity contribution in [3.63, 3.8) is 0 Å². The number of carbonyl (C=O) groups is 1. The minimum Gasteiger partial charge on any atom is -0.467 e. The maximum atomic E-state index is 12.3. The van der Waals surface area contributed by atoms with Gasteiger partial charge in [0.25, 0.3) is 0 Å². The summed E-state index contributed by atoms with van der Waals surface area (Å²) in [6.45, 7) is 2.85. The number of rotatable bonds is 7. The fourth-order valence-electron chi connectivity index (χ4n) is 2.28. The van der Waals surface area contributed by atoms with Gasteiger partial charge >= 0.3 is 0 Å². The number of benzene rings is 1. The first-order chi connectivity index (χ1) is 10.7. The molecule has 0 N–H and O–H groups in total. The Labute approximate surface area is 131 Å². The second kappa shape index (κ2) is 8.09. The standard InChI is InChI=1S/C19H21NO2/c1-3-13-20(15-18-6-5-14-22-18)19(21)12-11-17-9-7-16(4-2)8-10-17/h1,5-10,14H,4,11-13,15H2,2H3. The molecule has 1 heterocycles. The average molecular weight is 295 g/mol. The van der Waals surface area contributed by atoms with Crippen LogP contribution in [0.4, 0.5) is 0 Å². The number of terminal acetylenes is 1. The fraction of sp³-hybridized carbons (Fsp3) is 0.316. The van der Waals surface area contributed by atoms with Crippen LogP contribution in [0.15, 0.2) is 47.1 Å². The number of nitrogens with zero attached hydrogens (tertiary/aromatic N) is 1. The lowest BCUT2D eigenvalue weighted by Gasteiger charge is -2.19. The Morgan fingerprint density at radius 2 is 1.95 bits per heavy atom. The quantitative estimate of drug-likeness (QED) is 0.733. The average Bonchev–Trinajstić information content (AvgIpc) is 3.06. The number of furan rings is 1. The summed E-state index contributed by atoms with van der Waals surface area (Å²) in [6, 6.07) is 12.1. The molecule has 3 nitrogen and oxygen atoms in total. The lowest BCUT2D eigenvalue weighted by molar-refractivity contribution is -0.131. The molecule has 0 bridgehead atoms. The molecule has 0 atom stereocenters. The largest absolute Gasteiger partial charge is 0.467 e. The Morgan fingerprint density at radius 3 is 2.55 bits per heavy atom. The van der Waals surface area contributed by atoms with Gasteiger partial charge in [-0.3, -0.25) is 4.79 Å². The second-order valence-electron chi connectivity index (χ2n) is 5.20. The van der Waals surface area contributed by atoms with Crippen molar-refractivity contribution in [3.8, 4) is 12.3 Å². The summed E-state index contributed by atoms with van der Waals surface area (Å²) in [5.74, 6) is 3.33. The maximum Gasteiger partial charge on any atom is 0.224 e. The molecule has 114 valence electrons. The first-order valence-electron chi connectivity index (χ1n) is 7.54. The first-order valence-corrected chi connectivity index (χ1v) is 7.54. The van der Waals surface area contributed by atoms with Crippen LogP contribution in [-0.4, -0.2) is 17.4 Å². The van der Waals surface area contributed by atoms with Crippen molar-refractivity contribution < 1.29 is 9.21 Å². The highest BCUT2D eigenvalue weighted by Crippen LogP contribution is 2.11. The van der Waals surface area contributed by atoms with E-state index in [-0.39, 0.29) is 5.91 Å². The molecule has 1 aromatic carbocycles. The zero-order valence-electron chi connectivity index (χ0n) is 12.9. The van der Waals surface area contributed by atoms with Crippen molar-refractivity contribution in [1.29, 1.82) is 0 Å². The van der Waals surface area contributed by atoms with Gasteiger partial charge in [0.05, 0.1) is 19.4 Å². The Hall–Kier alpha value is -2.47. The van der Waals surface area contributed by atoms with Crippen LogP contribution in [0, 0.1) is 12.3 Å². The Bertz CT molecular complexity index is 620. The lowest BCUT2D eigenvalue weighted by Crippen LogP contribution is -2.30. The summed E-state index contributed by atoms with van der Waals surface area (Å²) in [6.07, 6.45) is 9.16. The minimum absolute atomic E-state index is 0.0499. The van der Waals surface area contributed by atoms with Gasteiger partial charge in [0, 0.05) is 6.42 Å². The van der Waals surface area contributed by atoms with Crippen LogP contribution in [0.25, 0.3) is 0 Å². The van der Waals surface area contributed by atoms with Crippen LogP contribution in [0.3, 0.4) is 0 Å². The van der Waals surface area contributed by atoms with Gasteiger partial charge in [-0.25, -0.2) is 0 Å². The van der Waals surface area contributed by atoms with E-state index in [9.17, 15) is 4.79 Å². The number of hydrogen-bond acceptors (Lipinski definition) is 2. The third kappa shape index (κ3) is 4.53. The molecule has 0 radical (unpaired) electrons. The zero-order valence-corrected chi connectivity index (χ0v) is 12.9. The predicted octanol–water partition coefficient (Wildman–Crippen LogP) is 3.44. The molecule has 2 aromatic rings. The van der Waals surface area contributed by atoms with E-state index in [4.69, 9.17) is 10.8 Å². The van der Waals surface area contributed by atoms with Crippen molar-refractivity contribution in [1.82, 2.24) is 4.90 Å². The molecule has 0 fully saturated rings. The van der Waals surface area contributed by atoms with E-state index >= 15 is 0 Å². The number of carbonyl (C=O) groups excluding carboxylic acids is 1. The molecular formula is C19H21NO2. The van der Waals surface area contributed by atoms with E-state index in [1.165, 1.54) is 11.1 Å². The van der Waals surface area contributed by atoms with Crippen molar-refractivity contribution in [2.24, 2.45) is 0 Å². The van der Waals surface area contributed by atoms with Gasteiger partial charge < -0.3 is 9.32 Å². The maximum absolute atomic E-state index is 12.3. The third-order valence-electron chi connectivity index (χ3n) is 3.62. The smallest absolute Gasteiger partial charge is 0.224 e. The van der Waals surface area contributed by atoms with Gasteiger partial charge in [-0.15, -0.1) is 6.42 Å². The van der Waals surface area contributed by atoms with Crippen molar-refractivity contribution in [2.45, 2.75) is 32.7 Å². The topological polar surface area (TPSA) is 33.5 Å². The molecule has 22 heavy (non-hydrogen) atoms. The van der Waals surface area contributed by atoms with Crippen LogP contribution in [0.2, 0.25) is 0 Å². The summed E-state index contributed by atoms with van der Waals surface area (Å²) >= 11 is 0. The molecule has 2 rings (SSSR count). The van der Waals surface area contributed by atoms with Gasteiger partial charge in [0.1, 0.15) is 5.76 Å². The molecular weight excluding hydrogens is 274 g/mol. The predicted molar refractivity (Wildman–Crippen MR) is 87.1 cm³/mol. The van der Waals surface area contributed by atoms with Crippen molar-refractivity contribution in [3.05, 3.63) is 59.5 Å². The summed E-state index contributed by atoms with van der Waals surface area (Å²) < 4.78 is 5.29. The zero-order chi connectivity index (χ0) is 15.8. The highest BCUT2D eigenvalue weighted by molar-refractivity contribution is 5.76. The van der Waals surface area contributed by atoms with E-state index in [1.807, 2.05) is 12.1 Å². The summed E-state index contributed by atoms with van der Waals surface area (Å²) in [4.78, 5) is 14.0. The lowest BCUT2D eigenvalue weighted by atomic mass is 10.1. The molecule has 0 saturated heterocycles. The van der Waals surface area contributed by atoms with E-state index in [1.54, 1.807) is 11.2 Å². The van der Waals surface area contributed by atoms with Gasteiger partial charge in [-0.05, 0) is 36.1 Å². The van der Waals surface area contributed by atoms with Crippen molar-refractivity contribution in [2.75, 3.05) is 6.54 Å². The summed E-state index contributed by atoms with van der Waals surface area (Å²) in [7, 11) is 0. The van der Waals surface area contributed by atoms with E-state index in [0.29, 0.717) is 19.5 Å². The Morgan fingerprint density at radius 1 is 1.23 bits per heavy atom. The van der Waals surface area contributed by atoms with Crippen LogP contribution in [0.5, 0.6) is 0 Å². The van der Waals surface area contributed by atoms with Crippen LogP contribution < -0.4 is 0 Å². The second-order valence-corrected chi connectivity index (χ2v) is 5.20. The molecule has 1 aromatic heterocycles. The van der Waals surface area contributed by atoms with E-state index in [0.717, 1.165) is 18.6 Å². The molecule has 1 amide bonds. The van der Waals surface area contributed by atoms with E-state index in [2.05, 4.69) is 37.1 Å². The first kappa shape index (κ1) is 15.9.